The summed E-state index contributed by atoms with van der Waals surface area (Å²) in [5, 5.41) is 24.8. The van der Waals surface area contributed by atoms with Gasteiger partial charge in [0.25, 0.3) is 5.56 Å². The summed E-state index contributed by atoms with van der Waals surface area (Å²) in [6.07, 6.45) is 1.29. The molecule has 31 heavy (non-hydrogen) atoms. The summed E-state index contributed by atoms with van der Waals surface area (Å²) in [7, 11) is 0. The van der Waals surface area contributed by atoms with Crippen molar-refractivity contribution in [2.75, 3.05) is 6.61 Å². The lowest BCUT2D eigenvalue weighted by Crippen LogP contribution is -2.29. The van der Waals surface area contributed by atoms with Crippen molar-refractivity contribution in [3.8, 4) is 11.8 Å². The first-order valence-corrected chi connectivity index (χ1v) is 9.97. The molecule has 0 saturated carbocycles. The van der Waals surface area contributed by atoms with Gasteiger partial charge in [-0.1, -0.05) is 42.8 Å². The average Bonchev–Trinajstić information content (AvgIpc) is 2.71. The molecule has 1 heterocycles. The fourth-order valence-electron chi connectivity index (χ4n) is 2.91. The molecule has 0 amide bonds. The molecule has 3 aromatic rings. The maximum Gasteiger partial charge on any atom is 0.311 e. The van der Waals surface area contributed by atoms with Crippen LogP contribution in [-0.2, 0) is 5.41 Å². The topological polar surface area (TPSA) is 123 Å². The Morgan fingerprint density at radius 2 is 2.10 bits per heavy atom. The van der Waals surface area contributed by atoms with E-state index in [1.807, 2.05) is 20.8 Å². The van der Waals surface area contributed by atoms with Gasteiger partial charge >= 0.3 is 5.69 Å². The van der Waals surface area contributed by atoms with Crippen LogP contribution in [0.5, 0.6) is 5.75 Å². The first kappa shape index (κ1) is 22.1. The Morgan fingerprint density at radius 1 is 1.35 bits per heavy atom. The fraction of sp³-hybridized carbons (Fsp3) is 0.238. The summed E-state index contributed by atoms with van der Waals surface area (Å²) in [5.74, 6) is 0.327. The quantitative estimate of drug-likeness (QED) is 0.305. The van der Waals surface area contributed by atoms with E-state index in [2.05, 4.69) is 26.0 Å². The standard InChI is InChI=1S/C21H18BrN5O4/c1-21(2,3)20-25-16-8-7-14(22)11-15(16)19(28)26(20)24-12-13-5-4-6-17(27(29)30)18(13)31-10-9-23/h4-8,11-12H,10H2,1-3H3. The summed E-state index contributed by atoms with van der Waals surface area (Å²) in [6.45, 7) is 5.34. The molecule has 0 radical (unpaired) electrons. The zero-order valence-corrected chi connectivity index (χ0v) is 18.6. The van der Waals surface area contributed by atoms with Crippen molar-refractivity contribution in [2.24, 2.45) is 5.10 Å². The van der Waals surface area contributed by atoms with E-state index in [0.29, 0.717) is 16.7 Å². The normalized spacial score (nSPS) is 11.6. The molecule has 0 unspecified atom stereocenters. The van der Waals surface area contributed by atoms with E-state index in [0.717, 1.165) is 4.47 Å². The van der Waals surface area contributed by atoms with E-state index in [1.54, 1.807) is 30.3 Å². The predicted octanol–water partition coefficient (Wildman–Crippen LogP) is 4.15. The highest BCUT2D eigenvalue weighted by atomic mass is 79.9. The zero-order chi connectivity index (χ0) is 22.8. The number of ether oxygens (including phenoxy) is 1. The second-order valence-electron chi connectivity index (χ2n) is 7.61. The molecule has 3 rings (SSSR count). The maximum absolute atomic E-state index is 13.2. The van der Waals surface area contributed by atoms with Crippen LogP contribution in [0, 0.1) is 21.4 Å². The zero-order valence-electron chi connectivity index (χ0n) is 17.0. The molecule has 0 saturated heterocycles. The minimum atomic E-state index is -0.605. The van der Waals surface area contributed by atoms with Gasteiger partial charge in [-0.2, -0.15) is 15.0 Å². The molecule has 1 aromatic heterocycles. The molecule has 158 valence electrons. The SMILES string of the molecule is CC(C)(C)c1nc2ccc(Br)cc2c(=O)n1N=Cc1cccc([N+](=O)[O-])c1OCC#N. The highest BCUT2D eigenvalue weighted by Crippen LogP contribution is 2.30. The second-order valence-corrected chi connectivity index (χ2v) is 8.52. The molecule has 0 atom stereocenters. The molecule has 0 spiro atoms. The lowest BCUT2D eigenvalue weighted by atomic mass is 9.95. The third-order valence-electron chi connectivity index (χ3n) is 4.29. The van der Waals surface area contributed by atoms with Gasteiger partial charge in [0.1, 0.15) is 11.9 Å². The number of nitriles is 1. The van der Waals surface area contributed by atoms with Gasteiger partial charge in [-0.15, -0.1) is 0 Å². The number of fused-ring (bicyclic) bond motifs is 1. The van der Waals surface area contributed by atoms with Crippen LogP contribution in [0.1, 0.15) is 32.2 Å². The van der Waals surface area contributed by atoms with Crippen molar-refractivity contribution in [2.45, 2.75) is 26.2 Å². The summed E-state index contributed by atoms with van der Waals surface area (Å²) in [6, 6.07) is 11.3. The molecular formula is C21H18BrN5O4. The summed E-state index contributed by atoms with van der Waals surface area (Å²) >= 11 is 3.36. The summed E-state index contributed by atoms with van der Waals surface area (Å²) < 4.78 is 7.19. The lowest BCUT2D eigenvalue weighted by Gasteiger charge is -2.21. The van der Waals surface area contributed by atoms with Crippen LogP contribution >= 0.6 is 15.9 Å². The van der Waals surface area contributed by atoms with Gasteiger partial charge in [0, 0.05) is 21.5 Å². The molecule has 9 nitrogen and oxygen atoms in total. The first-order chi connectivity index (χ1) is 14.6. The number of benzene rings is 2. The summed E-state index contributed by atoms with van der Waals surface area (Å²) in [4.78, 5) is 28.6. The predicted molar refractivity (Wildman–Crippen MR) is 120 cm³/mol. The molecule has 0 bridgehead atoms. The van der Waals surface area contributed by atoms with E-state index >= 15 is 0 Å². The highest BCUT2D eigenvalue weighted by Gasteiger charge is 2.23. The van der Waals surface area contributed by atoms with Crippen molar-refractivity contribution in [3.63, 3.8) is 0 Å². The Labute approximate surface area is 185 Å². The molecule has 0 aliphatic rings. The Morgan fingerprint density at radius 3 is 2.74 bits per heavy atom. The van der Waals surface area contributed by atoms with Gasteiger partial charge in [0.05, 0.1) is 22.0 Å². The number of para-hydroxylation sites is 1. The Balaban J connectivity index is 2.23. The van der Waals surface area contributed by atoms with Crippen LogP contribution < -0.4 is 10.3 Å². The molecule has 0 fully saturated rings. The van der Waals surface area contributed by atoms with Gasteiger partial charge in [-0.3, -0.25) is 14.9 Å². The monoisotopic (exact) mass is 483 g/mol. The Hall–Kier alpha value is -3.58. The van der Waals surface area contributed by atoms with Gasteiger partial charge < -0.3 is 4.74 Å². The van der Waals surface area contributed by atoms with Crippen LogP contribution in [0.15, 0.2) is 50.8 Å². The highest BCUT2D eigenvalue weighted by molar-refractivity contribution is 9.10. The number of rotatable bonds is 5. The molecule has 0 N–H and O–H groups in total. The van der Waals surface area contributed by atoms with Crippen LogP contribution in [0.4, 0.5) is 5.69 Å². The number of aromatic nitrogens is 2. The third kappa shape index (κ3) is 4.62. The Bertz CT molecular complexity index is 1300. The van der Waals surface area contributed by atoms with Crippen LogP contribution in [0.2, 0.25) is 0 Å². The van der Waals surface area contributed by atoms with Crippen LogP contribution in [0.25, 0.3) is 10.9 Å². The van der Waals surface area contributed by atoms with Crippen molar-refractivity contribution >= 4 is 38.7 Å². The minimum absolute atomic E-state index is 0.0975. The van der Waals surface area contributed by atoms with E-state index in [1.165, 1.54) is 23.0 Å². The van der Waals surface area contributed by atoms with Crippen LogP contribution in [-0.4, -0.2) is 27.4 Å². The van der Waals surface area contributed by atoms with E-state index in [4.69, 9.17) is 10.00 Å². The van der Waals surface area contributed by atoms with E-state index in [-0.39, 0.29) is 29.2 Å². The Kier molecular flexibility index (Phi) is 6.17. The van der Waals surface area contributed by atoms with Gasteiger partial charge in [-0.25, -0.2) is 4.98 Å². The minimum Gasteiger partial charge on any atom is -0.471 e. The van der Waals surface area contributed by atoms with Crippen molar-refractivity contribution < 1.29 is 9.66 Å². The lowest BCUT2D eigenvalue weighted by molar-refractivity contribution is -0.385. The van der Waals surface area contributed by atoms with Crippen molar-refractivity contribution in [3.05, 3.63) is 72.7 Å². The molecule has 0 aliphatic carbocycles. The molecule has 10 heteroatoms. The van der Waals surface area contributed by atoms with Gasteiger partial charge in [-0.05, 0) is 24.3 Å². The largest absolute Gasteiger partial charge is 0.471 e. The van der Waals surface area contributed by atoms with Crippen molar-refractivity contribution in [1.29, 1.82) is 5.26 Å². The maximum atomic E-state index is 13.2. The number of nitro groups is 1. The van der Waals surface area contributed by atoms with Crippen LogP contribution in [0.3, 0.4) is 0 Å². The molecule has 0 aliphatic heterocycles. The average molecular weight is 484 g/mol. The number of nitro benzene ring substituents is 1. The summed E-state index contributed by atoms with van der Waals surface area (Å²) in [5.41, 5.74) is -0.398. The number of nitrogens with zero attached hydrogens (tertiary/aromatic N) is 5. The number of halogens is 1. The third-order valence-corrected chi connectivity index (χ3v) is 4.79. The first-order valence-electron chi connectivity index (χ1n) is 9.18. The second kappa shape index (κ2) is 8.65. The fourth-order valence-corrected chi connectivity index (χ4v) is 3.27. The number of hydrogen-bond acceptors (Lipinski definition) is 7. The van der Waals surface area contributed by atoms with Gasteiger partial charge in [0.2, 0.25) is 5.75 Å². The van der Waals surface area contributed by atoms with Gasteiger partial charge in [0.15, 0.2) is 6.61 Å². The van der Waals surface area contributed by atoms with E-state index < -0.39 is 10.3 Å². The van der Waals surface area contributed by atoms with E-state index in [9.17, 15) is 14.9 Å². The molecular weight excluding hydrogens is 466 g/mol. The number of hydrogen-bond donors (Lipinski definition) is 0. The van der Waals surface area contributed by atoms with Crippen molar-refractivity contribution in [1.82, 2.24) is 9.66 Å². The smallest absolute Gasteiger partial charge is 0.311 e. The molecule has 2 aromatic carbocycles.